The van der Waals surface area contributed by atoms with Gasteiger partial charge in [-0.1, -0.05) is 11.6 Å². The number of anilines is 1. The molecule has 0 bridgehead atoms. The third-order valence-corrected chi connectivity index (χ3v) is 4.33. The Hall–Kier alpha value is -0.880. The maximum Gasteiger partial charge on any atom is 0.347 e. The predicted molar refractivity (Wildman–Crippen MR) is 74.1 cm³/mol. The van der Waals surface area contributed by atoms with E-state index in [2.05, 4.69) is 15.3 Å². The van der Waals surface area contributed by atoms with Crippen LogP contribution in [0.2, 0.25) is 5.15 Å². The van der Waals surface area contributed by atoms with Gasteiger partial charge in [-0.15, -0.1) is 0 Å². The first-order valence-corrected chi connectivity index (χ1v) is 7.98. The lowest BCUT2D eigenvalue weighted by molar-refractivity contribution is 0.221. The Bertz CT molecular complexity index is 498. The summed E-state index contributed by atoms with van der Waals surface area (Å²) in [6.07, 6.45) is 0.181. The summed E-state index contributed by atoms with van der Waals surface area (Å²) in [5.41, 5.74) is -0.548. The maximum atomic E-state index is 12.1. The van der Waals surface area contributed by atoms with Crippen molar-refractivity contribution < 1.29 is 13.6 Å². The Morgan fingerprint density at radius 3 is 2.58 bits per heavy atom. The fourth-order valence-electron chi connectivity index (χ4n) is 1.40. The molecule has 108 valence electrons. The van der Waals surface area contributed by atoms with Crippen molar-refractivity contribution >= 4 is 25.0 Å². The lowest BCUT2D eigenvalue weighted by Gasteiger charge is -2.17. The fraction of sp³-hybridized carbons (Fsp3) is 0.600. The quantitative estimate of drug-likeness (QED) is 0.564. The number of aromatic amines is 1. The summed E-state index contributed by atoms with van der Waals surface area (Å²) in [6.45, 7) is 4.41. The third-order valence-electron chi connectivity index (χ3n) is 2.06. The zero-order chi connectivity index (χ0) is 14.3. The average molecular weight is 310 g/mol. The molecule has 0 aromatic carbocycles. The summed E-state index contributed by atoms with van der Waals surface area (Å²) in [4.78, 5) is 17.1. The largest absolute Gasteiger partial charge is 0.369 e. The van der Waals surface area contributed by atoms with Crippen LogP contribution in [0, 0.1) is 0 Å². The van der Waals surface area contributed by atoms with Crippen molar-refractivity contribution in [2.45, 2.75) is 13.8 Å². The second-order valence-corrected chi connectivity index (χ2v) is 6.11. The van der Waals surface area contributed by atoms with E-state index >= 15 is 0 Å². The first-order chi connectivity index (χ1) is 8.99. The van der Waals surface area contributed by atoms with E-state index < -0.39 is 13.3 Å². The van der Waals surface area contributed by atoms with Gasteiger partial charge >= 0.3 is 13.3 Å². The van der Waals surface area contributed by atoms with Crippen LogP contribution in [0.1, 0.15) is 13.8 Å². The molecule has 0 saturated heterocycles. The molecule has 7 nitrogen and oxygen atoms in total. The number of halogens is 1. The van der Waals surface area contributed by atoms with Crippen LogP contribution < -0.4 is 11.0 Å². The van der Waals surface area contributed by atoms with Crippen LogP contribution in [0.4, 0.5) is 5.82 Å². The van der Waals surface area contributed by atoms with Crippen molar-refractivity contribution in [2.24, 2.45) is 0 Å². The molecule has 0 fully saturated rings. The average Bonchev–Trinajstić information content (AvgIpc) is 2.28. The van der Waals surface area contributed by atoms with E-state index in [1.165, 1.54) is 6.07 Å². The summed E-state index contributed by atoms with van der Waals surface area (Å²) in [5, 5.41) is 3.03. The number of aromatic nitrogens is 2. The van der Waals surface area contributed by atoms with E-state index in [-0.39, 0.29) is 11.3 Å². The van der Waals surface area contributed by atoms with Gasteiger partial charge in [-0.05, 0) is 13.8 Å². The van der Waals surface area contributed by atoms with Gasteiger partial charge in [0.15, 0.2) is 0 Å². The first kappa shape index (κ1) is 16.2. The smallest absolute Gasteiger partial charge is 0.347 e. The van der Waals surface area contributed by atoms with Crippen LogP contribution >= 0.6 is 19.2 Å². The zero-order valence-electron chi connectivity index (χ0n) is 10.8. The Morgan fingerprint density at radius 1 is 1.42 bits per heavy atom. The van der Waals surface area contributed by atoms with Crippen molar-refractivity contribution in [3.8, 4) is 0 Å². The van der Waals surface area contributed by atoms with Gasteiger partial charge < -0.3 is 14.4 Å². The lowest BCUT2D eigenvalue weighted by atomic mass is 10.5. The molecule has 1 heterocycles. The zero-order valence-corrected chi connectivity index (χ0v) is 12.5. The number of hydrogen-bond acceptors (Lipinski definition) is 6. The van der Waals surface area contributed by atoms with E-state index in [1.807, 2.05) is 0 Å². The highest BCUT2D eigenvalue weighted by Crippen LogP contribution is 2.47. The van der Waals surface area contributed by atoms with Crippen molar-refractivity contribution in [1.29, 1.82) is 0 Å². The highest BCUT2D eigenvalue weighted by molar-refractivity contribution is 7.53. The third kappa shape index (κ3) is 5.74. The Balaban J connectivity index is 2.56. The SMILES string of the molecule is CCOP(=O)(CCNc1cc(Cl)[nH]c(=O)n1)OCC. The fourth-order valence-corrected chi connectivity index (χ4v) is 3.09. The highest BCUT2D eigenvalue weighted by Gasteiger charge is 2.22. The molecule has 1 aromatic heterocycles. The minimum Gasteiger partial charge on any atom is -0.369 e. The summed E-state index contributed by atoms with van der Waals surface area (Å²) < 4.78 is 22.4. The van der Waals surface area contributed by atoms with Crippen LogP contribution in [0.5, 0.6) is 0 Å². The minimum atomic E-state index is -3.09. The topological polar surface area (TPSA) is 93.3 Å². The van der Waals surface area contributed by atoms with E-state index in [1.54, 1.807) is 13.8 Å². The summed E-state index contributed by atoms with van der Waals surface area (Å²) in [7, 11) is -3.09. The number of rotatable bonds is 8. The number of nitrogens with one attached hydrogen (secondary N) is 2. The molecular formula is C10H17ClN3O4P. The second kappa shape index (κ2) is 7.65. The van der Waals surface area contributed by atoms with Crippen LogP contribution in [0.15, 0.2) is 10.9 Å². The van der Waals surface area contributed by atoms with Crippen molar-refractivity contribution in [1.82, 2.24) is 9.97 Å². The van der Waals surface area contributed by atoms with Crippen molar-refractivity contribution in [2.75, 3.05) is 31.2 Å². The number of nitrogens with zero attached hydrogens (tertiary/aromatic N) is 1. The number of H-pyrrole nitrogens is 1. The summed E-state index contributed by atoms with van der Waals surface area (Å²) in [6, 6.07) is 1.47. The molecule has 0 unspecified atom stereocenters. The van der Waals surface area contributed by atoms with Gasteiger partial charge in [-0.3, -0.25) is 9.55 Å². The van der Waals surface area contributed by atoms with Gasteiger partial charge in [0, 0.05) is 12.6 Å². The highest BCUT2D eigenvalue weighted by atomic mass is 35.5. The van der Waals surface area contributed by atoms with E-state index in [4.69, 9.17) is 20.6 Å². The Labute approximate surface area is 116 Å². The predicted octanol–water partition coefficient (Wildman–Crippen LogP) is 2.10. The molecule has 19 heavy (non-hydrogen) atoms. The van der Waals surface area contributed by atoms with Crippen LogP contribution in [0.25, 0.3) is 0 Å². The van der Waals surface area contributed by atoms with Crippen molar-refractivity contribution in [3.63, 3.8) is 0 Å². The molecule has 0 radical (unpaired) electrons. The lowest BCUT2D eigenvalue weighted by Crippen LogP contribution is -2.16. The summed E-state index contributed by atoms with van der Waals surface area (Å²) >= 11 is 5.68. The maximum absolute atomic E-state index is 12.1. The molecule has 0 aliphatic heterocycles. The van der Waals surface area contributed by atoms with Gasteiger partial charge in [0.05, 0.1) is 19.4 Å². The standard InChI is InChI=1S/C10H17ClN3O4P/c1-3-17-19(16,18-4-2)6-5-12-9-7-8(11)13-10(15)14-9/h7H,3-6H2,1-2H3,(H2,12,13,14,15). The monoisotopic (exact) mass is 309 g/mol. The molecular weight excluding hydrogens is 293 g/mol. The second-order valence-electron chi connectivity index (χ2n) is 3.52. The molecule has 0 amide bonds. The normalized spacial score (nSPS) is 11.5. The molecule has 0 aliphatic carbocycles. The molecule has 0 spiro atoms. The van der Waals surface area contributed by atoms with Gasteiger partial charge in [-0.2, -0.15) is 4.98 Å². The molecule has 0 atom stereocenters. The first-order valence-electron chi connectivity index (χ1n) is 5.88. The van der Waals surface area contributed by atoms with Gasteiger partial charge in [0.25, 0.3) is 0 Å². The Kier molecular flexibility index (Phi) is 6.51. The van der Waals surface area contributed by atoms with Gasteiger partial charge in [-0.25, -0.2) is 4.79 Å². The number of hydrogen-bond donors (Lipinski definition) is 2. The van der Waals surface area contributed by atoms with Gasteiger partial charge in [0.2, 0.25) is 0 Å². The molecule has 1 aromatic rings. The van der Waals surface area contributed by atoms with Gasteiger partial charge in [0.1, 0.15) is 11.0 Å². The molecule has 1 rings (SSSR count). The molecule has 9 heteroatoms. The van der Waals surface area contributed by atoms with Crippen molar-refractivity contribution in [3.05, 3.63) is 21.7 Å². The van der Waals surface area contributed by atoms with E-state index in [0.29, 0.717) is 25.6 Å². The Morgan fingerprint density at radius 2 is 2.05 bits per heavy atom. The molecule has 2 N–H and O–H groups in total. The minimum absolute atomic E-state index is 0.181. The van der Waals surface area contributed by atoms with E-state index in [9.17, 15) is 9.36 Å². The van der Waals surface area contributed by atoms with E-state index in [0.717, 1.165) is 0 Å². The van der Waals surface area contributed by atoms with Crippen LogP contribution in [0.3, 0.4) is 0 Å². The van der Waals surface area contributed by atoms with Crippen LogP contribution in [-0.4, -0.2) is 35.9 Å². The molecule has 0 saturated carbocycles. The summed E-state index contributed by atoms with van der Waals surface area (Å²) in [5.74, 6) is 0.313. The van der Waals surface area contributed by atoms with Crippen LogP contribution in [-0.2, 0) is 13.6 Å². The molecule has 0 aliphatic rings.